The van der Waals surface area contributed by atoms with Gasteiger partial charge in [-0.2, -0.15) is 36.5 Å². The molecule has 0 aliphatic rings. The molecule has 10 aromatic rings. The second kappa shape index (κ2) is 26.5. The van der Waals surface area contributed by atoms with Crippen LogP contribution in [0.2, 0.25) is 0 Å². The zero-order valence-corrected chi connectivity index (χ0v) is 46.2. The second-order valence-electron chi connectivity index (χ2n) is 20.2. The zero-order valence-electron chi connectivity index (χ0n) is 46.2. The molecule has 0 aliphatic carbocycles. The fourth-order valence-corrected chi connectivity index (χ4v) is 9.51. The molecule has 82 heavy (non-hydrogen) atoms. The highest BCUT2D eigenvalue weighted by molar-refractivity contribution is 5.62. The van der Waals surface area contributed by atoms with Gasteiger partial charge in [0.05, 0.1) is 22.5 Å². The molecule has 6 aromatic carbocycles. The van der Waals surface area contributed by atoms with E-state index in [1.54, 1.807) is 12.4 Å². The molecular weight excluding hydrogens is 1040 g/mol. The molecule has 0 radical (unpaired) electrons. The maximum atomic E-state index is 12.9. The first kappa shape index (κ1) is 57.7. The van der Waals surface area contributed by atoms with Crippen LogP contribution in [0.1, 0.15) is 94.0 Å². The van der Waals surface area contributed by atoms with Crippen molar-refractivity contribution in [2.24, 2.45) is 14.1 Å². The van der Waals surface area contributed by atoms with Gasteiger partial charge in [0.1, 0.15) is 0 Å². The Bertz CT molecular complexity index is 3770. The summed E-state index contributed by atoms with van der Waals surface area (Å²) in [6.07, 6.45) is 3.69. The molecule has 0 saturated carbocycles. The Kier molecular flexibility index (Phi) is 18.7. The molecule has 8 nitrogen and oxygen atoms in total. The van der Waals surface area contributed by atoms with Crippen molar-refractivity contribution in [2.45, 2.75) is 90.4 Å². The van der Waals surface area contributed by atoms with E-state index in [2.05, 4.69) is 112 Å². The van der Waals surface area contributed by atoms with E-state index >= 15 is 0 Å². The van der Waals surface area contributed by atoms with E-state index in [4.69, 9.17) is 4.98 Å². The average molecular weight is 1110 g/mol. The van der Waals surface area contributed by atoms with Gasteiger partial charge in [-0.15, -0.1) is 0 Å². The molecule has 0 atom stereocenters. The molecule has 0 bridgehead atoms. The summed E-state index contributed by atoms with van der Waals surface area (Å²) >= 11 is 0. The van der Waals surface area contributed by atoms with Gasteiger partial charge in [0, 0.05) is 72.7 Å². The molecule has 0 amide bonds. The van der Waals surface area contributed by atoms with Gasteiger partial charge in [-0.1, -0.05) is 117 Å². The minimum absolute atomic E-state index is 0.655. The molecule has 0 aliphatic heterocycles. The fourth-order valence-electron chi connectivity index (χ4n) is 9.51. The molecule has 0 unspecified atom stereocenters. The maximum absolute atomic E-state index is 12.9. The van der Waals surface area contributed by atoms with Crippen molar-refractivity contribution < 1.29 is 26.3 Å². The van der Waals surface area contributed by atoms with Gasteiger partial charge in [0.2, 0.25) is 0 Å². The van der Waals surface area contributed by atoms with Crippen LogP contribution in [-0.2, 0) is 77.8 Å². The molecule has 0 fully saturated rings. The third kappa shape index (κ3) is 15.7. The van der Waals surface area contributed by atoms with E-state index in [-0.39, 0.29) is 0 Å². The van der Waals surface area contributed by atoms with Gasteiger partial charge in [-0.25, -0.2) is 19.3 Å². The molecular formula is C68H62F6N8. The molecule has 14 heteroatoms. The summed E-state index contributed by atoms with van der Waals surface area (Å²) in [5, 5.41) is 9.04. The Hall–Kier alpha value is -8.96. The number of aryl methyl sites for hydroxylation is 10. The van der Waals surface area contributed by atoms with Crippen LogP contribution in [0.5, 0.6) is 0 Å². The van der Waals surface area contributed by atoms with Crippen molar-refractivity contribution in [3.8, 4) is 57.1 Å². The summed E-state index contributed by atoms with van der Waals surface area (Å²) in [4.78, 5) is 18.1. The topological polar surface area (TPSA) is 87.2 Å². The molecule has 0 N–H and O–H groups in total. The van der Waals surface area contributed by atoms with Gasteiger partial charge in [-0.3, -0.25) is 9.97 Å². The first-order valence-electron chi connectivity index (χ1n) is 27.5. The molecule has 416 valence electrons. The van der Waals surface area contributed by atoms with Crippen LogP contribution >= 0.6 is 0 Å². The fraction of sp³-hybridized carbons (Fsp3) is 0.235. The van der Waals surface area contributed by atoms with Gasteiger partial charge in [0.25, 0.3) is 0 Å². The number of aromatic nitrogens is 8. The number of hydrogen-bond acceptors (Lipinski definition) is 6. The molecule has 0 spiro atoms. The summed E-state index contributed by atoms with van der Waals surface area (Å²) in [6, 6.07) is 51.6. The van der Waals surface area contributed by atoms with Gasteiger partial charge < -0.3 is 0 Å². The van der Waals surface area contributed by atoms with Crippen LogP contribution in [-0.4, -0.2) is 39.5 Å². The lowest BCUT2D eigenvalue weighted by molar-refractivity contribution is -0.138. The lowest BCUT2D eigenvalue weighted by atomic mass is 9.99. The molecule has 10 rings (SSSR count). The predicted octanol–water partition coefficient (Wildman–Crippen LogP) is 15.8. The number of rotatable bonds is 17. The van der Waals surface area contributed by atoms with Crippen LogP contribution in [0.3, 0.4) is 0 Å². The molecule has 4 heterocycles. The molecule has 4 aromatic heterocycles. The van der Waals surface area contributed by atoms with Crippen molar-refractivity contribution in [1.82, 2.24) is 39.5 Å². The second-order valence-corrected chi connectivity index (χ2v) is 20.2. The summed E-state index contributed by atoms with van der Waals surface area (Å²) in [7, 11) is 3.86. The van der Waals surface area contributed by atoms with Gasteiger partial charge in [-0.05, 0) is 164 Å². The largest absolute Gasteiger partial charge is 0.416 e. The third-order valence-electron chi connectivity index (χ3n) is 14.0. The number of halogens is 6. The Balaban J connectivity index is 0.000000198. The van der Waals surface area contributed by atoms with Crippen molar-refractivity contribution in [3.63, 3.8) is 0 Å². The van der Waals surface area contributed by atoms with Crippen molar-refractivity contribution in [1.29, 1.82) is 0 Å². The Labute approximate surface area is 475 Å². The van der Waals surface area contributed by atoms with Crippen LogP contribution in [0.25, 0.3) is 45.3 Å². The van der Waals surface area contributed by atoms with Crippen molar-refractivity contribution in [2.75, 3.05) is 0 Å². The highest BCUT2D eigenvalue weighted by Crippen LogP contribution is 2.33. The highest BCUT2D eigenvalue weighted by atomic mass is 19.4. The third-order valence-corrected chi connectivity index (χ3v) is 14.0. The minimum Gasteiger partial charge on any atom is -0.256 e. The van der Waals surface area contributed by atoms with Gasteiger partial charge >= 0.3 is 12.4 Å². The Morgan fingerprint density at radius 1 is 0.378 bits per heavy atom. The van der Waals surface area contributed by atoms with E-state index in [1.807, 2.05) is 84.1 Å². The number of nitrogens with zero attached hydrogens (tertiary/aromatic N) is 8. The zero-order chi connectivity index (χ0) is 57.6. The summed E-state index contributed by atoms with van der Waals surface area (Å²) < 4.78 is 80.9. The van der Waals surface area contributed by atoms with E-state index in [0.717, 1.165) is 145 Å². The summed E-state index contributed by atoms with van der Waals surface area (Å²) in [6.45, 7) is 4.25. The predicted molar refractivity (Wildman–Crippen MR) is 311 cm³/mol. The average Bonchev–Trinajstić information content (AvgIpc) is 4.25. The lowest BCUT2D eigenvalue weighted by Gasteiger charge is -2.09. The first-order chi connectivity index (χ1) is 39.6. The van der Waals surface area contributed by atoms with E-state index in [9.17, 15) is 26.3 Å². The Morgan fingerprint density at radius 2 is 0.768 bits per heavy atom. The number of alkyl halides is 6. The molecule has 0 saturated heterocycles. The summed E-state index contributed by atoms with van der Waals surface area (Å²) in [5.41, 5.74) is 12.4. The van der Waals surface area contributed by atoms with E-state index < -0.39 is 23.5 Å². The quantitative estimate of drug-likeness (QED) is 0.0667. The van der Waals surface area contributed by atoms with E-state index in [0.29, 0.717) is 22.5 Å². The van der Waals surface area contributed by atoms with Crippen LogP contribution in [0.15, 0.2) is 182 Å². The van der Waals surface area contributed by atoms with E-state index in [1.165, 1.54) is 46.5 Å². The first-order valence-corrected chi connectivity index (χ1v) is 27.5. The van der Waals surface area contributed by atoms with Crippen LogP contribution in [0, 0.1) is 11.8 Å². The van der Waals surface area contributed by atoms with Gasteiger partial charge in [0.15, 0.2) is 23.3 Å². The number of hydrogen-bond donors (Lipinski definition) is 0. The Morgan fingerprint density at radius 3 is 1.21 bits per heavy atom. The normalized spacial score (nSPS) is 11.4. The highest BCUT2D eigenvalue weighted by Gasteiger charge is 2.31. The number of benzene rings is 6. The van der Waals surface area contributed by atoms with Crippen LogP contribution < -0.4 is 0 Å². The smallest absolute Gasteiger partial charge is 0.256 e. The van der Waals surface area contributed by atoms with Crippen LogP contribution in [0.4, 0.5) is 26.3 Å². The standard InChI is InChI=1S/C34H33F3N4.C34H29F3N4/c2*1-3-5-32-39-33(41(2)40-32)29-7-4-6-26(22-29)14-12-24-8-10-25(11-9-24)13-15-27-20-21-38-31(23-27)28-16-18-30(19-17-28)34(35,36)37/h4,6-11,16-23H,3,5,12-15H2,1-2H3;4,6-11,16-23H,3,5,13,15H2,1-2H3. The lowest BCUT2D eigenvalue weighted by Crippen LogP contribution is -2.04. The monoisotopic (exact) mass is 1100 g/mol. The van der Waals surface area contributed by atoms with Crippen molar-refractivity contribution in [3.05, 3.63) is 250 Å². The number of pyridine rings is 2. The SMILES string of the molecule is CCCc1nc(-c2cccc(C#Cc3ccc(CCc4ccnc(-c5ccc(C(F)(F)F)cc5)c4)cc3)c2)n(C)n1.CCCc1nc(-c2cccc(CCc3ccc(CCc4ccnc(-c5ccc(C(F)(F)F)cc5)c4)cc3)c2)n(C)n1. The summed E-state index contributed by atoms with van der Waals surface area (Å²) in [5.74, 6) is 9.98. The van der Waals surface area contributed by atoms with Crippen molar-refractivity contribution >= 4 is 0 Å². The minimum atomic E-state index is -4.35. The maximum Gasteiger partial charge on any atom is 0.416 e.